The van der Waals surface area contributed by atoms with E-state index in [1.165, 1.54) is 19.2 Å². The predicted molar refractivity (Wildman–Crippen MR) is 68.0 cm³/mol. The van der Waals surface area contributed by atoms with Crippen molar-refractivity contribution in [3.05, 3.63) is 23.8 Å². The molecule has 1 aromatic carbocycles. The second-order valence-electron chi connectivity index (χ2n) is 4.56. The van der Waals surface area contributed by atoms with Crippen LogP contribution in [0.1, 0.15) is 23.2 Å². The van der Waals surface area contributed by atoms with Gasteiger partial charge in [0.25, 0.3) is 11.8 Å². The van der Waals surface area contributed by atoms with Crippen LogP contribution in [0.4, 0.5) is 0 Å². The third-order valence-electron chi connectivity index (χ3n) is 3.18. The molecule has 0 aliphatic carbocycles. The van der Waals surface area contributed by atoms with E-state index >= 15 is 0 Å². The Labute approximate surface area is 114 Å². The number of hydrogen-bond donors (Lipinski definition) is 3. The molecular formula is C13H14N2O5. The van der Waals surface area contributed by atoms with E-state index in [1.54, 1.807) is 0 Å². The molecule has 0 spiro atoms. The number of likely N-dealkylation sites (tertiary alicyclic amines) is 1. The maximum atomic E-state index is 12.0. The first-order valence-electron chi connectivity index (χ1n) is 6.03. The number of phenols is 2. The average molecular weight is 278 g/mol. The van der Waals surface area contributed by atoms with Crippen molar-refractivity contribution in [2.45, 2.75) is 18.9 Å². The van der Waals surface area contributed by atoms with Crippen molar-refractivity contribution in [3.63, 3.8) is 0 Å². The summed E-state index contributed by atoms with van der Waals surface area (Å²) < 4.78 is 0. The SMILES string of the molecule is CN1C(=O)CCC(NC(=O)c2cc(O)ccc2O)C1=O. The first-order chi connectivity index (χ1) is 9.40. The summed E-state index contributed by atoms with van der Waals surface area (Å²) in [6.07, 6.45) is 0.381. The van der Waals surface area contributed by atoms with Crippen molar-refractivity contribution in [1.82, 2.24) is 10.2 Å². The summed E-state index contributed by atoms with van der Waals surface area (Å²) in [5.74, 6) is -1.93. The zero-order valence-electron chi connectivity index (χ0n) is 10.8. The molecule has 1 saturated heterocycles. The first kappa shape index (κ1) is 13.9. The molecule has 3 N–H and O–H groups in total. The monoisotopic (exact) mass is 278 g/mol. The highest BCUT2D eigenvalue weighted by molar-refractivity contribution is 6.04. The lowest BCUT2D eigenvalue weighted by Crippen LogP contribution is -2.52. The Kier molecular flexibility index (Phi) is 3.60. The fraction of sp³-hybridized carbons (Fsp3) is 0.308. The van der Waals surface area contributed by atoms with Crippen LogP contribution in [0, 0.1) is 0 Å². The number of hydrogen-bond acceptors (Lipinski definition) is 5. The van der Waals surface area contributed by atoms with Gasteiger partial charge in [-0.3, -0.25) is 19.3 Å². The number of phenolic OH excluding ortho intramolecular Hbond substituents is 2. The summed E-state index contributed by atoms with van der Waals surface area (Å²) in [4.78, 5) is 36.1. The molecular weight excluding hydrogens is 264 g/mol. The van der Waals surface area contributed by atoms with Gasteiger partial charge >= 0.3 is 0 Å². The molecule has 0 bridgehead atoms. The number of aromatic hydroxyl groups is 2. The highest BCUT2D eigenvalue weighted by Gasteiger charge is 2.33. The molecule has 2 rings (SSSR count). The molecule has 1 aliphatic heterocycles. The van der Waals surface area contributed by atoms with Crippen molar-refractivity contribution < 1.29 is 24.6 Å². The van der Waals surface area contributed by atoms with Crippen molar-refractivity contribution in [2.24, 2.45) is 0 Å². The number of carbonyl (C=O) groups excluding carboxylic acids is 3. The minimum Gasteiger partial charge on any atom is -0.508 e. The molecule has 1 heterocycles. The molecule has 7 nitrogen and oxygen atoms in total. The molecule has 106 valence electrons. The van der Waals surface area contributed by atoms with E-state index < -0.39 is 17.9 Å². The standard InChI is InChI=1S/C13H14N2O5/c1-15-11(18)5-3-9(13(15)20)14-12(19)8-6-7(16)2-4-10(8)17/h2,4,6,9,16-17H,3,5H2,1H3,(H,14,19). The lowest BCUT2D eigenvalue weighted by molar-refractivity contribution is -0.147. The van der Waals surface area contributed by atoms with Crippen molar-refractivity contribution >= 4 is 17.7 Å². The third-order valence-corrected chi connectivity index (χ3v) is 3.18. The third kappa shape index (κ3) is 2.56. The fourth-order valence-corrected chi connectivity index (χ4v) is 1.99. The number of piperidine rings is 1. The van der Waals surface area contributed by atoms with E-state index in [0.717, 1.165) is 11.0 Å². The number of likely N-dealkylation sites (N-methyl/N-ethyl adjacent to an activating group) is 1. The molecule has 20 heavy (non-hydrogen) atoms. The maximum Gasteiger partial charge on any atom is 0.255 e. The maximum absolute atomic E-state index is 12.0. The Hall–Kier alpha value is -2.57. The van der Waals surface area contributed by atoms with E-state index in [2.05, 4.69) is 5.32 Å². The zero-order chi connectivity index (χ0) is 14.9. The smallest absolute Gasteiger partial charge is 0.255 e. The Balaban J connectivity index is 2.14. The fourth-order valence-electron chi connectivity index (χ4n) is 1.99. The number of imide groups is 1. The summed E-state index contributed by atoms with van der Waals surface area (Å²) in [5, 5.41) is 21.3. The normalized spacial score (nSPS) is 19.1. The Bertz CT molecular complexity index is 584. The highest BCUT2D eigenvalue weighted by atomic mass is 16.3. The van der Waals surface area contributed by atoms with Gasteiger partial charge in [0.05, 0.1) is 5.56 Å². The quantitative estimate of drug-likeness (QED) is 0.520. The number of amides is 3. The molecule has 1 unspecified atom stereocenters. The number of nitrogens with zero attached hydrogens (tertiary/aromatic N) is 1. The molecule has 1 aromatic rings. The number of benzene rings is 1. The van der Waals surface area contributed by atoms with Gasteiger partial charge in [0, 0.05) is 13.5 Å². The first-order valence-corrected chi connectivity index (χ1v) is 6.03. The number of carbonyl (C=O) groups is 3. The van der Waals surface area contributed by atoms with E-state index in [0.29, 0.717) is 0 Å². The molecule has 7 heteroatoms. The van der Waals surface area contributed by atoms with Crippen molar-refractivity contribution in [3.8, 4) is 11.5 Å². The molecule has 1 aliphatic rings. The predicted octanol–water partition coefficient (Wildman–Crippen LogP) is -0.0250. The minimum atomic E-state index is -0.813. The largest absolute Gasteiger partial charge is 0.508 e. The van der Waals surface area contributed by atoms with E-state index in [4.69, 9.17) is 0 Å². The summed E-state index contributed by atoms with van der Waals surface area (Å²) in [6, 6.07) is 2.71. The van der Waals surface area contributed by atoms with Gasteiger partial charge in [-0.1, -0.05) is 0 Å². The van der Waals surface area contributed by atoms with Crippen LogP contribution in [0.25, 0.3) is 0 Å². The van der Waals surface area contributed by atoms with Crippen LogP contribution in [-0.4, -0.2) is 45.9 Å². The van der Waals surface area contributed by atoms with Crippen LogP contribution in [0.2, 0.25) is 0 Å². The van der Waals surface area contributed by atoms with Crippen LogP contribution in [0.5, 0.6) is 11.5 Å². The zero-order valence-corrected chi connectivity index (χ0v) is 10.8. The van der Waals surface area contributed by atoms with Gasteiger partial charge in [-0.15, -0.1) is 0 Å². The van der Waals surface area contributed by atoms with E-state index in [1.807, 2.05) is 0 Å². The molecule has 0 aromatic heterocycles. The number of nitrogens with one attached hydrogen (secondary N) is 1. The Morgan fingerprint density at radius 3 is 2.75 bits per heavy atom. The van der Waals surface area contributed by atoms with Crippen LogP contribution < -0.4 is 5.32 Å². The van der Waals surface area contributed by atoms with Crippen LogP contribution in [0.3, 0.4) is 0 Å². The van der Waals surface area contributed by atoms with Gasteiger partial charge in [0.2, 0.25) is 5.91 Å². The molecule has 3 amide bonds. The highest BCUT2D eigenvalue weighted by Crippen LogP contribution is 2.22. The van der Waals surface area contributed by atoms with Gasteiger partial charge in [-0.2, -0.15) is 0 Å². The van der Waals surface area contributed by atoms with Gasteiger partial charge in [-0.05, 0) is 24.6 Å². The van der Waals surface area contributed by atoms with Crippen molar-refractivity contribution in [1.29, 1.82) is 0 Å². The summed E-state index contributed by atoms with van der Waals surface area (Å²) >= 11 is 0. The van der Waals surface area contributed by atoms with Crippen LogP contribution in [0.15, 0.2) is 18.2 Å². The second kappa shape index (κ2) is 5.20. The van der Waals surface area contributed by atoms with E-state index in [9.17, 15) is 24.6 Å². The van der Waals surface area contributed by atoms with Gasteiger partial charge in [0.1, 0.15) is 17.5 Å². The lowest BCUT2D eigenvalue weighted by Gasteiger charge is -2.28. The van der Waals surface area contributed by atoms with Gasteiger partial charge in [-0.25, -0.2) is 0 Å². The van der Waals surface area contributed by atoms with Crippen LogP contribution >= 0.6 is 0 Å². The van der Waals surface area contributed by atoms with Gasteiger partial charge < -0.3 is 15.5 Å². The second-order valence-corrected chi connectivity index (χ2v) is 4.56. The molecule has 1 atom stereocenters. The average Bonchev–Trinajstić information content (AvgIpc) is 2.42. The molecule has 1 fully saturated rings. The van der Waals surface area contributed by atoms with Gasteiger partial charge in [0.15, 0.2) is 0 Å². The summed E-state index contributed by atoms with van der Waals surface area (Å²) in [7, 11) is 1.36. The number of rotatable bonds is 2. The summed E-state index contributed by atoms with van der Waals surface area (Å²) in [5.41, 5.74) is -0.127. The van der Waals surface area contributed by atoms with Crippen LogP contribution in [-0.2, 0) is 9.59 Å². The minimum absolute atomic E-state index is 0.127. The summed E-state index contributed by atoms with van der Waals surface area (Å²) in [6.45, 7) is 0. The molecule has 0 saturated carbocycles. The molecule has 0 radical (unpaired) electrons. The Morgan fingerprint density at radius 1 is 1.35 bits per heavy atom. The topological polar surface area (TPSA) is 107 Å². The van der Waals surface area contributed by atoms with Crippen molar-refractivity contribution in [2.75, 3.05) is 7.05 Å². The van der Waals surface area contributed by atoms with E-state index in [-0.39, 0.29) is 35.8 Å². The lowest BCUT2D eigenvalue weighted by atomic mass is 10.0. The Morgan fingerprint density at radius 2 is 2.05 bits per heavy atom.